The summed E-state index contributed by atoms with van der Waals surface area (Å²) in [5.74, 6) is 0. The van der Waals surface area contributed by atoms with Gasteiger partial charge in [-0.25, -0.2) is 0 Å². The molecule has 17 heavy (non-hydrogen) atoms. The fourth-order valence-electron chi connectivity index (χ4n) is 1.77. The van der Waals surface area contributed by atoms with Crippen LogP contribution in [0.3, 0.4) is 0 Å². The molecule has 0 saturated carbocycles. The van der Waals surface area contributed by atoms with E-state index in [2.05, 4.69) is 11.8 Å². The van der Waals surface area contributed by atoms with Crippen molar-refractivity contribution in [3.8, 4) is 0 Å². The van der Waals surface area contributed by atoms with Gasteiger partial charge in [-0.15, -0.1) is 0 Å². The summed E-state index contributed by atoms with van der Waals surface area (Å²) in [5.41, 5.74) is -0.650. The molecule has 0 aromatic heterocycles. The Morgan fingerprint density at radius 2 is 1.65 bits per heavy atom. The lowest BCUT2D eigenvalue weighted by Crippen LogP contribution is -2.40. The fraction of sp³-hybridized carbons (Fsp3) is 1.00. The van der Waals surface area contributed by atoms with Crippen LogP contribution in [0.1, 0.15) is 41.0 Å². The third-order valence-corrected chi connectivity index (χ3v) is 2.44. The van der Waals surface area contributed by atoms with Crippen molar-refractivity contribution >= 4 is 0 Å². The number of nitrogens with zero attached hydrogens (tertiary/aromatic N) is 1. The van der Waals surface area contributed by atoms with Gasteiger partial charge in [0, 0.05) is 32.7 Å². The summed E-state index contributed by atoms with van der Waals surface area (Å²) in [7, 11) is 0. The van der Waals surface area contributed by atoms with Crippen LogP contribution in [0.2, 0.25) is 0 Å². The Labute approximate surface area is 106 Å². The number of hydrogen-bond acceptors (Lipinski definition) is 4. The molecule has 0 aromatic rings. The molecule has 0 bridgehead atoms. The van der Waals surface area contributed by atoms with Gasteiger partial charge in [0.2, 0.25) is 0 Å². The van der Waals surface area contributed by atoms with E-state index in [1.807, 2.05) is 27.7 Å². The fourth-order valence-corrected chi connectivity index (χ4v) is 1.77. The van der Waals surface area contributed by atoms with Crippen LogP contribution in [0.5, 0.6) is 0 Å². The van der Waals surface area contributed by atoms with E-state index in [4.69, 9.17) is 9.47 Å². The summed E-state index contributed by atoms with van der Waals surface area (Å²) in [6, 6.07) is 0. The molecule has 0 aliphatic carbocycles. The SMILES string of the molecule is CCOC(CCN(CC)CC(C)(C)O)OCC. The van der Waals surface area contributed by atoms with Crippen LogP contribution in [0, 0.1) is 0 Å². The van der Waals surface area contributed by atoms with Crippen LogP contribution < -0.4 is 0 Å². The molecule has 0 radical (unpaired) electrons. The van der Waals surface area contributed by atoms with Crippen molar-refractivity contribution in [1.82, 2.24) is 4.90 Å². The van der Waals surface area contributed by atoms with Gasteiger partial charge >= 0.3 is 0 Å². The van der Waals surface area contributed by atoms with E-state index < -0.39 is 5.60 Å². The van der Waals surface area contributed by atoms with Gasteiger partial charge in [-0.3, -0.25) is 0 Å². The van der Waals surface area contributed by atoms with Crippen LogP contribution in [0.15, 0.2) is 0 Å². The van der Waals surface area contributed by atoms with Crippen LogP contribution in [0.25, 0.3) is 0 Å². The second kappa shape index (κ2) is 8.86. The van der Waals surface area contributed by atoms with Gasteiger partial charge in [-0.2, -0.15) is 0 Å². The molecule has 4 heteroatoms. The summed E-state index contributed by atoms with van der Waals surface area (Å²) < 4.78 is 11.0. The minimum absolute atomic E-state index is 0.124. The number of ether oxygens (including phenoxy) is 2. The van der Waals surface area contributed by atoms with Crippen molar-refractivity contribution in [2.75, 3.05) is 32.8 Å². The molecule has 0 amide bonds. The van der Waals surface area contributed by atoms with E-state index >= 15 is 0 Å². The molecule has 1 N–H and O–H groups in total. The number of rotatable bonds is 10. The zero-order chi connectivity index (χ0) is 13.3. The Kier molecular flexibility index (Phi) is 8.78. The van der Waals surface area contributed by atoms with Crippen molar-refractivity contribution in [2.24, 2.45) is 0 Å². The zero-order valence-corrected chi connectivity index (χ0v) is 12.0. The first-order valence-corrected chi connectivity index (χ1v) is 6.60. The average Bonchev–Trinajstić information content (AvgIpc) is 2.23. The third kappa shape index (κ3) is 9.53. The minimum atomic E-state index is -0.650. The highest BCUT2D eigenvalue weighted by Gasteiger charge is 2.18. The van der Waals surface area contributed by atoms with E-state index in [1.54, 1.807) is 0 Å². The molecular weight excluding hydrogens is 218 g/mol. The van der Waals surface area contributed by atoms with E-state index in [-0.39, 0.29) is 6.29 Å². The molecule has 0 rings (SSSR count). The second-order valence-electron chi connectivity index (χ2n) is 4.81. The first kappa shape index (κ1) is 16.8. The Morgan fingerprint density at radius 3 is 2.00 bits per heavy atom. The van der Waals surface area contributed by atoms with Crippen molar-refractivity contribution < 1.29 is 14.6 Å². The van der Waals surface area contributed by atoms with Crippen molar-refractivity contribution in [2.45, 2.75) is 52.9 Å². The zero-order valence-electron chi connectivity index (χ0n) is 12.0. The molecule has 0 aliphatic rings. The standard InChI is InChI=1S/C13H29NO3/c1-6-14(11-13(4,5)15)10-9-12(16-7-2)17-8-3/h12,15H,6-11H2,1-5H3. The van der Waals surface area contributed by atoms with Crippen LogP contribution >= 0.6 is 0 Å². The van der Waals surface area contributed by atoms with Gasteiger partial charge in [0.05, 0.1) is 5.60 Å². The summed E-state index contributed by atoms with van der Waals surface area (Å²) in [6.07, 6.45) is 0.715. The Balaban J connectivity index is 4.01. The van der Waals surface area contributed by atoms with Gasteiger partial charge in [0.25, 0.3) is 0 Å². The maximum absolute atomic E-state index is 9.79. The summed E-state index contributed by atoms with van der Waals surface area (Å²) in [6.45, 7) is 13.5. The number of aliphatic hydroxyl groups is 1. The Hall–Kier alpha value is -0.160. The van der Waals surface area contributed by atoms with Crippen LogP contribution in [-0.4, -0.2) is 54.7 Å². The monoisotopic (exact) mass is 247 g/mol. The van der Waals surface area contributed by atoms with Gasteiger partial charge in [0.15, 0.2) is 6.29 Å². The van der Waals surface area contributed by atoms with Gasteiger partial charge in [-0.05, 0) is 34.2 Å². The largest absolute Gasteiger partial charge is 0.389 e. The number of likely N-dealkylation sites (N-methyl/N-ethyl adjacent to an activating group) is 1. The molecule has 0 heterocycles. The quantitative estimate of drug-likeness (QED) is 0.598. The highest BCUT2D eigenvalue weighted by molar-refractivity contribution is 4.71. The molecule has 0 aromatic carbocycles. The molecule has 0 unspecified atom stereocenters. The molecule has 104 valence electrons. The van der Waals surface area contributed by atoms with Crippen molar-refractivity contribution in [3.05, 3.63) is 0 Å². The summed E-state index contributed by atoms with van der Waals surface area (Å²) in [5, 5.41) is 9.79. The lowest BCUT2D eigenvalue weighted by atomic mass is 10.1. The van der Waals surface area contributed by atoms with Gasteiger partial charge in [0.1, 0.15) is 0 Å². The van der Waals surface area contributed by atoms with Crippen LogP contribution in [0.4, 0.5) is 0 Å². The predicted octanol–water partition coefficient (Wildman–Crippen LogP) is 1.87. The van der Waals surface area contributed by atoms with Crippen molar-refractivity contribution in [3.63, 3.8) is 0 Å². The second-order valence-corrected chi connectivity index (χ2v) is 4.81. The molecular formula is C13H29NO3. The van der Waals surface area contributed by atoms with Crippen molar-refractivity contribution in [1.29, 1.82) is 0 Å². The highest BCUT2D eigenvalue weighted by Crippen LogP contribution is 2.08. The van der Waals surface area contributed by atoms with Gasteiger partial charge in [-0.1, -0.05) is 6.92 Å². The van der Waals surface area contributed by atoms with Crippen LogP contribution in [-0.2, 0) is 9.47 Å². The molecule has 0 atom stereocenters. The van der Waals surface area contributed by atoms with E-state index in [0.717, 1.165) is 19.5 Å². The third-order valence-electron chi connectivity index (χ3n) is 2.44. The Morgan fingerprint density at radius 1 is 1.12 bits per heavy atom. The first-order chi connectivity index (χ1) is 7.92. The highest BCUT2D eigenvalue weighted by atomic mass is 16.7. The lowest BCUT2D eigenvalue weighted by Gasteiger charge is -2.29. The molecule has 0 aliphatic heterocycles. The maximum atomic E-state index is 9.79. The van der Waals surface area contributed by atoms with E-state index in [9.17, 15) is 5.11 Å². The topological polar surface area (TPSA) is 41.9 Å². The Bertz CT molecular complexity index is 174. The maximum Gasteiger partial charge on any atom is 0.158 e. The van der Waals surface area contributed by atoms with Gasteiger partial charge < -0.3 is 19.5 Å². The first-order valence-electron chi connectivity index (χ1n) is 6.60. The predicted molar refractivity (Wildman–Crippen MR) is 70.1 cm³/mol. The lowest BCUT2D eigenvalue weighted by molar-refractivity contribution is -0.142. The minimum Gasteiger partial charge on any atom is -0.389 e. The number of hydrogen-bond donors (Lipinski definition) is 1. The summed E-state index contributed by atoms with van der Waals surface area (Å²) >= 11 is 0. The molecule has 4 nitrogen and oxygen atoms in total. The smallest absolute Gasteiger partial charge is 0.158 e. The molecule has 0 spiro atoms. The average molecular weight is 247 g/mol. The van der Waals surface area contributed by atoms with E-state index in [1.165, 1.54) is 0 Å². The van der Waals surface area contributed by atoms with E-state index in [0.29, 0.717) is 19.8 Å². The molecule has 0 fully saturated rings. The normalized spacial score (nSPS) is 12.7. The molecule has 0 saturated heterocycles. The summed E-state index contributed by atoms with van der Waals surface area (Å²) in [4.78, 5) is 2.21.